The number of halogens is 2. The second-order valence-corrected chi connectivity index (χ2v) is 5.30. The summed E-state index contributed by atoms with van der Waals surface area (Å²) in [7, 11) is 0. The van der Waals surface area contributed by atoms with E-state index in [4.69, 9.17) is 0 Å². The van der Waals surface area contributed by atoms with Gasteiger partial charge in [-0.1, -0.05) is 11.3 Å². The third-order valence-electron chi connectivity index (χ3n) is 2.01. The molecule has 0 spiro atoms. The molecule has 0 N–H and O–H groups in total. The summed E-state index contributed by atoms with van der Waals surface area (Å²) >= 11 is 4.70. The van der Waals surface area contributed by atoms with E-state index < -0.39 is 0 Å². The molecule has 3 rings (SSSR count). The Bertz CT molecular complexity index is 614. The Morgan fingerprint density at radius 3 is 2.88 bits per heavy atom. The standard InChI is InChI=1S/C9H4BrFN4S/c10-8-14-15-4-7(13-9(15)16-8)6-2-1-5(11)3-12-6/h1-4H. The van der Waals surface area contributed by atoms with E-state index in [0.717, 1.165) is 8.88 Å². The maximum Gasteiger partial charge on any atom is 0.213 e. The lowest BCUT2D eigenvalue weighted by atomic mass is 10.3. The summed E-state index contributed by atoms with van der Waals surface area (Å²) < 4.78 is 15.1. The monoisotopic (exact) mass is 298 g/mol. The van der Waals surface area contributed by atoms with E-state index in [0.29, 0.717) is 11.4 Å². The van der Waals surface area contributed by atoms with Gasteiger partial charge in [-0.2, -0.15) is 0 Å². The Balaban J connectivity index is 2.11. The van der Waals surface area contributed by atoms with Gasteiger partial charge in [-0.05, 0) is 28.1 Å². The van der Waals surface area contributed by atoms with E-state index in [2.05, 4.69) is 31.0 Å². The number of aromatic nitrogens is 4. The fourth-order valence-electron chi connectivity index (χ4n) is 1.33. The zero-order valence-electron chi connectivity index (χ0n) is 7.76. The minimum absolute atomic E-state index is 0.356. The van der Waals surface area contributed by atoms with Crippen LogP contribution in [0.4, 0.5) is 4.39 Å². The number of pyridine rings is 1. The predicted molar refractivity (Wildman–Crippen MR) is 61.8 cm³/mol. The van der Waals surface area contributed by atoms with Gasteiger partial charge in [0, 0.05) is 0 Å². The van der Waals surface area contributed by atoms with Crippen LogP contribution in [0, 0.1) is 5.82 Å². The molecule has 0 aliphatic carbocycles. The first-order valence-electron chi connectivity index (χ1n) is 4.36. The van der Waals surface area contributed by atoms with Crippen LogP contribution in [-0.4, -0.2) is 19.6 Å². The van der Waals surface area contributed by atoms with E-state index in [1.165, 1.54) is 23.6 Å². The largest absolute Gasteiger partial charge is 0.251 e. The van der Waals surface area contributed by atoms with Crippen LogP contribution in [0.3, 0.4) is 0 Å². The van der Waals surface area contributed by atoms with Crippen LogP contribution in [0.15, 0.2) is 28.4 Å². The van der Waals surface area contributed by atoms with Crippen molar-refractivity contribution in [2.24, 2.45) is 0 Å². The summed E-state index contributed by atoms with van der Waals surface area (Å²) in [5, 5.41) is 4.16. The number of nitrogens with zero attached hydrogens (tertiary/aromatic N) is 4. The predicted octanol–water partition coefficient (Wildman–Crippen LogP) is 2.75. The number of fused-ring (bicyclic) bond motifs is 1. The van der Waals surface area contributed by atoms with E-state index in [1.54, 1.807) is 16.8 Å². The first-order chi connectivity index (χ1) is 7.72. The quantitative estimate of drug-likeness (QED) is 0.694. The second kappa shape index (κ2) is 3.60. The van der Waals surface area contributed by atoms with E-state index in [-0.39, 0.29) is 5.82 Å². The molecule has 4 nitrogen and oxygen atoms in total. The molecule has 16 heavy (non-hydrogen) atoms. The van der Waals surface area contributed by atoms with Gasteiger partial charge in [-0.15, -0.1) is 5.10 Å². The van der Waals surface area contributed by atoms with E-state index in [9.17, 15) is 4.39 Å². The minimum Gasteiger partial charge on any atom is -0.251 e. The van der Waals surface area contributed by atoms with Crippen molar-refractivity contribution >= 4 is 32.2 Å². The molecule has 0 fully saturated rings. The lowest BCUT2D eigenvalue weighted by Crippen LogP contribution is -1.84. The molecule has 0 bridgehead atoms. The average Bonchev–Trinajstić information content (AvgIpc) is 2.75. The SMILES string of the molecule is Fc1ccc(-c2cn3nc(Br)sc3n2)nc1. The van der Waals surface area contributed by atoms with Crippen molar-refractivity contribution in [3.8, 4) is 11.4 Å². The molecule has 3 aromatic heterocycles. The number of imidazole rings is 1. The Labute approximate surface area is 102 Å². The summed E-state index contributed by atoms with van der Waals surface area (Å²) in [6.07, 6.45) is 2.93. The van der Waals surface area contributed by atoms with Crippen LogP contribution < -0.4 is 0 Å². The van der Waals surface area contributed by atoms with Crippen LogP contribution in [-0.2, 0) is 0 Å². The topological polar surface area (TPSA) is 43.1 Å². The van der Waals surface area contributed by atoms with Crippen molar-refractivity contribution in [3.05, 3.63) is 34.3 Å². The minimum atomic E-state index is -0.356. The molecule has 0 unspecified atom stereocenters. The first kappa shape index (κ1) is 9.86. The molecular weight excluding hydrogens is 295 g/mol. The number of rotatable bonds is 1. The fraction of sp³-hybridized carbons (Fsp3) is 0. The zero-order chi connectivity index (χ0) is 11.1. The highest BCUT2D eigenvalue weighted by Crippen LogP contribution is 2.23. The fourth-order valence-corrected chi connectivity index (χ4v) is 2.54. The van der Waals surface area contributed by atoms with Gasteiger partial charge in [-0.25, -0.2) is 13.9 Å². The highest BCUT2D eigenvalue weighted by atomic mass is 79.9. The second-order valence-electron chi connectivity index (χ2n) is 3.07. The molecule has 7 heteroatoms. The molecule has 0 saturated heterocycles. The van der Waals surface area contributed by atoms with E-state index in [1.807, 2.05) is 0 Å². The molecule has 0 aliphatic heterocycles. The summed E-state index contributed by atoms with van der Waals surface area (Å²) in [5.41, 5.74) is 1.32. The molecule has 0 aromatic carbocycles. The molecule has 0 atom stereocenters. The smallest absolute Gasteiger partial charge is 0.213 e. The molecule has 0 aliphatic rings. The zero-order valence-corrected chi connectivity index (χ0v) is 10.2. The Kier molecular flexibility index (Phi) is 2.22. The molecule has 80 valence electrons. The van der Waals surface area contributed by atoms with Gasteiger partial charge < -0.3 is 0 Å². The highest BCUT2D eigenvalue weighted by molar-refractivity contribution is 9.11. The van der Waals surface area contributed by atoms with Gasteiger partial charge in [0.05, 0.1) is 18.1 Å². The van der Waals surface area contributed by atoms with Crippen LogP contribution in [0.1, 0.15) is 0 Å². The maximum absolute atomic E-state index is 12.7. The van der Waals surface area contributed by atoms with Gasteiger partial charge in [0.1, 0.15) is 11.5 Å². The van der Waals surface area contributed by atoms with Crippen molar-refractivity contribution in [2.45, 2.75) is 0 Å². The Morgan fingerprint density at radius 2 is 2.19 bits per heavy atom. The van der Waals surface area contributed by atoms with Crippen molar-refractivity contribution in [3.63, 3.8) is 0 Å². The number of hydrogen-bond acceptors (Lipinski definition) is 4. The summed E-state index contributed by atoms with van der Waals surface area (Å²) in [4.78, 5) is 9.07. The third kappa shape index (κ3) is 1.61. The molecule has 3 heterocycles. The van der Waals surface area contributed by atoms with Crippen LogP contribution in [0.5, 0.6) is 0 Å². The summed E-state index contributed by atoms with van der Waals surface area (Å²) in [5.74, 6) is -0.356. The molecule has 0 radical (unpaired) electrons. The van der Waals surface area contributed by atoms with Gasteiger partial charge in [0.15, 0.2) is 3.92 Å². The lowest BCUT2D eigenvalue weighted by molar-refractivity contribution is 0.622. The first-order valence-corrected chi connectivity index (χ1v) is 5.97. The van der Waals surface area contributed by atoms with Crippen LogP contribution in [0.2, 0.25) is 0 Å². The van der Waals surface area contributed by atoms with Crippen molar-refractivity contribution < 1.29 is 4.39 Å². The van der Waals surface area contributed by atoms with Gasteiger partial charge >= 0.3 is 0 Å². The van der Waals surface area contributed by atoms with Crippen molar-refractivity contribution in [1.29, 1.82) is 0 Å². The van der Waals surface area contributed by atoms with E-state index >= 15 is 0 Å². The van der Waals surface area contributed by atoms with Crippen molar-refractivity contribution in [2.75, 3.05) is 0 Å². The van der Waals surface area contributed by atoms with Gasteiger partial charge in [-0.3, -0.25) is 4.98 Å². The molecule has 3 aromatic rings. The molecular formula is C9H4BrFN4S. The van der Waals surface area contributed by atoms with Gasteiger partial charge in [0.25, 0.3) is 0 Å². The summed E-state index contributed by atoms with van der Waals surface area (Å²) in [6, 6.07) is 2.95. The third-order valence-corrected chi connectivity index (χ3v) is 3.36. The van der Waals surface area contributed by atoms with Crippen LogP contribution in [0.25, 0.3) is 16.3 Å². The average molecular weight is 299 g/mol. The van der Waals surface area contributed by atoms with Crippen molar-refractivity contribution in [1.82, 2.24) is 19.6 Å². The normalized spacial score (nSPS) is 11.1. The lowest BCUT2D eigenvalue weighted by Gasteiger charge is -1.93. The Hall–Kier alpha value is -1.34. The van der Waals surface area contributed by atoms with Gasteiger partial charge in [0.2, 0.25) is 4.96 Å². The summed E-state index contributed by atoms with van der Waals surface area (Å²) in [6.45, 7) is 0. The van der Waals surface area contributed by atoms with Crippen LogP contribution >= 0.6 is 27.3 Å². The highest BCUT2D eigenvalue weighted by Gasteiger charge is 2.09. The molecule has 0 saturated carbocycles. The Morgan fingerprint density at radius 1 is 1.31 bits per heavy atom. The maximum atomic E-state index is 12.7. The number of hydrogen-bond donors (Lipinski definition) is 0. The molecule has 0 amide bonds.